The third-order valence-corrected chi connectivity index (χ3v) is 7.08. The fraction of sp³-hybridized carbons (Fsp3) is 0.217. The number of hydrogen-bond acceptors (Lipinski definition) is 9. The smallest absolute Gasteiger partial charge is 0.267 e. The molecule has 3 aromatic heterocycles. The lowest BCUT2D eigenvalue weighted by atomic mass is 10.0. The van der Waals surface area contributed by atoms with Gasteiger partial charge in [0.1, 0.15) is 5.82 Å². The van der Waals surface area contributed by atoms with Crippen molar-refractivity contribution < 1.29 is 17.5 Å². The highest BCUT2D eigenvalue weighted by molar-refractivity contribution is 7.92. The molecule has 1 aliphatic rings. The molecule has 5 rings (SSSR count). The first-order valence-electron chi connectivity index (χ1n) is 10.9. The molecule has 4 aromatic rings. The molecule has 36 heavy (non-hydrogen) atoms. The van der Waals surface area contributed by atoms with Gasteiger partial charge in [-0.25, -0.2) is 27.8 Å². The van der Waals surface area contributed by atoms with Gasteiger partial charge in [0.05, 0.1) is 17.8 Å². The normalized spacial score (nSPS) is 13.4. The summed E-state index contributed by atoms with van der Waals surface area (Å²) in [4.78, 5) is 16.9. The zero-order valence-corrected chi connectivity index (χ0v) is 20.8. The molecule has 1 aliphatic carbocycles. The molecule has 1 fully saturated rings. The maximum Gasteiger partial charge on any atom is 0.267 e. The monoisotopic (exact) mass is 529 g/mol. The van der Waals surface area contributed by atoms with Crippen LogP contribution in [-0.2, 0) is 10.0 Å². The van der Waals surface area contributed by atoms with Crippen LogP contribution in [0.4, 0.5) is 21.8 Å². The van der Waals surface area contributed by atoms with Gasteiger partial charge in [0.25, 0.3) is 10.0 Å². The second-order valence-electron chi connectivity index (χ2n) is 8.09. The summed E-state index contributed by atoms with van der Waals surface area (Å²) < 4.78 is 49.1. The first-order valence-corrected chi connectivity index (χ1v) is 12.8. The molecule has 3 heterocycles. The van der Waals surface area contributed by atoms with Crippen LogP contribution in [0.25, 0.3) is 22.2 Å². The van der Waals surface area contributed by atoms with Crippen LogP contribution < -0.4 is 20.1 Å². The third-order valence-electron chi connectivity index (χ3n) is 5.52. The first kappa shape index (κ1) is 23.9. The van der Waals surface area contributed by atoms with Gasteiger partial charge in [-0.2, -0.15) is 4.98 Å². The summed E-state index contributed by atoms with van der Waals surface area (Å²) in [5.74, 6) is -0.102. The second-order valence-corrected chi connectivity index (χ2v) is 10.2. The molecule has 0 bridgehead atoms. The molecule has 0 aliphatic heterocycles. The van der Waals surface area contributed by atoms with Gasteiger partial charge >= 0.3 is 0 Å². The van der Waals surface area contributed by atoms with E-state index in [1.54, 1.807) is 19.3 Å². The molecular formula is C23H21ClFN7O3S. The van der Waals surface area contributed by atoms with Crippen molar-refractivity contribution in [3.8, 4) is 17.0 Å². The quantitative estimate of drug-likeness (QED) is 0.305. The maximum absolute atomic E-state index is 15.7. The number of halogens is 2. The average Bonchev–Trinajstić information content (AvgIpc) is 3.68. The van der Waals surface area contributed by atoms with Crippen molar-refractivity contribution in [3.63, 3.8) is 0 Å². The van der Waals surface area contributed by atoms with Crippen molar-refractivity contribution in [1.29, 1.82) is 0 Å². The zero-order chi connectivity index (χ0) is 25.4. The van der Waals surface area contributed by atoms with Crippen LogP contribution in [0.1, 0.15) is 12.8 Å². The Labute approximate surface area is 211 Å². The van der Waals surface area contributed by atoms with E-state index >= 15 is 4.39 Å². The molecular weight excluding hydrogens is 509 g/mol. The van der Waals surface area contributed by atoms with Gasteiger partial charge in [0, 0.05) is 42.0 Å². The number of methoxy groups -OCH3 is 1. The van der Waals surface area contributed by atoms with Gasteiger partial charge in [0.2, 0.25) is 11.8 Å². The highest BCUT2D eigenvalue weighted by Gasteiger charge is 2.25. The van der Waals surface area contributed by atoms with Crippen LogP contribution in [0, 0.1) is 5.82 Å². The Morgan fingerprint density at radius 3 is 2.64 bits per heavy atom. The summed E-state index contributed by atoms with van der Waals surface area (Å²) in [6, 6.07) is 7.64. The summed E-state index contributed by atoms with van der Waals surface area (Å²) >= 11 is 5.93. The molecule has 0 spiro atoms. The molecule has 3 N–H and O–H groups in total. The fourth-order valence-corrected chi connectivity index (χ4v) is 5.04. The topological polar surface area (TPSA) is 131 Å². The molecule has 10 nitrogen and oxygen atoms in total. The highest BCUT2D eigenvalue weighted by Crippen LogP contribution is 2.35. The van der Waals surface area contributed by atoms with Gasteiger partial charge in [-0.1, -0.05) is 23.7 Å². The predicted molar refractivity (Wildman–Crippen MR) is 136 cm³/mol. The highest BCUT2D eigenvalue weighted by atomic mass is 35.5. The number of pyridine rings is 2. The molecule has 0 saturated heterocycles. The minimum Gasteiger partial charge on any atom is -0.480 e. The minimum absolute atomic E-state index is 0.0870. The van der Waals surface area contributed by atoms with Crippen molar-refractivity contribution in [2.24, 2.45) is 0 Å². The summed E-state index contributed by atoms with van der Waals surface area (Å²) in [6.07, 6.45) is 5.03. The lowest BCUT2D eigenvalue weighted by molar-refractivity contribution is 0.385. The van der Waals surface area contributed by atoms with Crippen molar-refractivity contribution >= 4 is 50.1 Å². The van der Waals surface area contributed by atoms with Crippen LogP contribution in [0.5, 0.6) is 5.88 Å². The van der Waals surface area contributed by atoms with E-state index in [9.17, 15) is 8.42 Å². The van der Waals surface area contributed by atoms with E-state index < -0.39 is 15.8 Å². The van der Waals surface area contributed by atoms with E-state index in [1.807, 2.05) is 0 Å². The number of benzene rings is 1. The van der Waals surface area contributed by atoms with Crippen LogP contribution in [0.15, 0.2) is 47.6 Å². The van der Waals surface area contributed by atoms with Gasteiger partial charge < -0.3 is 15.4 Å². The number of fused-ring (bicyclic) bond motifs is 1. The zero-order valence-electron chi connectivity index (χ0n) is 19.2. The Bertz CT molecular complexity index is 1580. The Morgan fingerprint density at radius 2 is 1.92 bits per heavy atom. The van der Waals surface area contributed by atoms with E-state index in [2.05, 4.69) is 35.3 Å². The predicted octanol–water partition coefficient (Wildman–Crippen LogP) is 4.30. The van der Waals surface area contributed by atoms with Gasteiger partial charge in [-0.15, -0.1) is 0 Å². The summed E-state index contributed by atoms with van der Waals surface area (Å²) in [6.45, 7) is 0. The summed E-state index contributed by atoms with van der Waals surface area (Å²) in [5, 5.41) is 6.88. The third kappa shape index (κ3) is 4.69. The van der Waals surface area contributed by atoms with Gasteiger partial charge in [0.15, 0.2) is 16.4 Å². The molecule has 13 heteroatoms. The van der Waals surface area contributed by atoms with Crippen molar-refractivity contribution in [2.45, 2.75) is 23.8 Å². The number of anilines is 3. The van der Waals surface area contributed by atoms with Crippen molar-refractivity contribution in [3.05, 3.63) is 53.6 Å². The molecule has 0 radical (unpaired) electrons. The van der Waals surface area contributed by atoms with Crippen molar-refractivity contribution in [1.82, 2.24) is 19.9 Å². The minimum atomic E-state index is -4.28. The van der Waals surface area contributed by atoms with Gasteiger partial charge in [-0.05, 0) is 31.0 Å². The van der Waals surface area contributed by atoms with Crippen LogP contribution in [0.2, 0.25) is 5.02 Å². The second kappa shape index (κ2) is 9.36. The van der Waals surface area contributed by atoms with Gasteiger partial charge in [-0.3, -0.25) is 4.72 Å². The SMILES string of the molecule is CNc1nc2nc(NC3CC3)ncc2cc1-c1cccc(NS(=O)(=O)c2cc(Cl)cnc2OC)c1F. The molecule has 186 valence electrons. The van der Waals surface area contributed by atoms with Crippen LogP contribution >= 0.6 is 11.6 Å². The Balaban J connectivity index is 1.54. The van der Waals surface area contributed by atoms with E-state index in [0.29, 0.717) is 34.4 Å². The first-order chi connectivity index (χ1) is 17.3. The number of nitrogens with zero attached hydrogens (tertiary/aromatic N) is 4. The summed E-state index contributed by atoms with van der Waals surface area (Å²) in [5.41, 5.74) is 0.721. The molecule has 0 unspecified atom stereocenters. The Hall–Kier alpha value is -3.77. The number of nitrogens with one attached hydrogen (secondary N) is 3. The lowest BCUT2D eigenvalue weighted by Gasteiger charge is -2.15. The van der Waals surface area contributed by atoms with E-state index in [-0.39, 0.29) is 27.0 Å². The van der Waals surface area contributed by atoms with Crippen molar-refractivity contribution in [2.75, 3.05) is 29.5 Å². The standard InChI is InChI=1S/C23H21ClFN7O3S/c1-26-21-16(8-12-10-28-23(29-14-6-7-14)31-20(12)30-21)15-4-3-5-17(19(15)25)32-36(33,34)18-9-13(24)11-27-22(18)35-2/h3-5,8-11,14,32H,6-7H2,1-2H3,(H2,26,28,29,30,31). The Morgan fingerprint density at radius 1 is 1.11 bits per heavy atom. The fourth-order valence-electron chi connectivity index (χ4n) is 3.61. The average molecular weight is 530 g/mol. The Kier molecular flexibility index (Phi) is 6.22. The molecule has 0 atom stereocenters. The number of hydrogen-bond donors (Lipinski definition) is 3. The van der Waals surface area contributed by atoms with E-state index in [0.717, 1.165) is 12.8 Å². The largest absolute Gasteiger partial charge is 0.480 e. The molecule has 1 aromatic carbocycles. The number of rotatable bonds is 8. The van der Waals surface area contributed by atoms with Crippen LogP contribution in [0.3, 0.4) is 0 Å². The van der Waals surface area contributed by atoms with Crippen LogP contribution in [-0.4, -0.2) is 48.6 Å². The number of ether oxygens (including phenoxy) is 1. The summed E-state index contributed by atoms with van der Waals surface area (Å²) in [7, 11) is -1.35. The maximum atomic E-state index is 15.7. The van der Waals surface area contributed by atoms with E-state index in [1.165, 1.54) is 37.6 Å². The van der Waals surface area contributed by atoms with E-state index in [4.69, 9.17) is 16.3 Å². The lowest BCUT2D eigenvalue weighted by Crippen LogP contribution is -2.16. The molecule has 1 saturated carbocycles. The molecule has 0 amide bonds. The number of sulfonamides is 1. The number of aromatic nitrogens is 4.